The number of rotatable bonds is 2. The van der Waals surface area contributed by atoms with E-state index in [0.29, 0.717) is 0 Å². The Morgan fingerprint density at radius 3 is 2.26 bits per heavy atom. The number of benzene rings is 1. The fraction of sp³-hybridized carbons (Fsp3) is 0.267. The Hall–Kier alpha value is -1.94. The number of pyridine rings is 1. The van der Waals surface area contributed by atoms with Crippen LogP contribution in [0.3, 0.4) is 0 Å². The van der Waals surface area contributed by atoms with Crippen molar-refractivity contribution in [1.82, 2.24) is 10.3 Å². The quantitative estimate of drug-likeness (QED) is 0.894. The summed E-state index contributed by atoms with van der Waals surface area (Å²) < 4.78 is 12.9. The van der Waals surface area contributed by atoms with E-state index in [1.807, 2.05) is 18.3 Å². The van der Waals surface area contributed by atoms with Gasteiger partial charge >= 0.3 is 0 Å². The first kappa shape index (κ1) is 12.1. The molecule has 1 N–H and O–H groups in total. The molecular formula is C15H16FN3. The molecule has 0 amide bonds. The van der Waals surface area contributed by atoms with Gasteiger partial charge in [-0.15, -0.1) is 0 Å². The van der Waals surface area contributed by atoms with Crippen LogP contribution in [0.4, 0.5) is 10.2 Å². The van der Waals surface area contributed by atoms with E-state index in [1.165, 1.54) is 12.1 Å². The van der Waals surface area contributed by atoms with Crippen molar-refractivity contribution in [2.24, 2.45) is 0 Å². The maximum absolute atomic E-state index is 12.9. The summed E-state index contributed by atoms with van der Waals surface area (Å²) in [5.41, 5.74) is 2.00. The second-order valence-corrected chi connectivity index (χ2v) is 4.65. The highest BCUT2D eigenvalue weighted by Crippen LogP contribution is 2.21. The van der Waals surface area contributed by atoms with Crippen molar-refractivity contribution in [2.75, 3.05) is 31.1 Å². The van der Waals surface area contributed by atoms with E-state index in [9.17, 15) is 4.39 Å². The van der Waals surface area contributed by atoms with E-state index >= 15 is 0 Å². The van der Waals surface area contributed by atoms with Gasteiger partial charge in [-0.25, -0.2) is 9.37 Å². The molecule has 2 heterocycles. The van der Waals surface area contributed by atoms with Gasteiger partial charge in [0.2, 0.25) is 0 Å². The molecule has 2 aromatic rings. The third-order valence-corrected chi connectivity index (χ3v) is 3.37. The molecule has 0 saturated carbocycles. The van der Waals surface area contributed by atoms with Crippen LogP contribution in [-0.4, -0.2) is 31.2 Å². The van der Waals surface area contributed by atoms with Gasteiger partial charge in [0.05, 0.1) is 0 Å². The number of nitrogens with one attached hydrogen (secondary N) is 1. The average molecular weight is 257 g/mol. The van der Waals surface area contributed by atoms with Crippen LogP contribution < -0.4 is 10.2 Å². The van der Waals surface area contributed by atoms with Gasteiger partial charge in [0.15, 0.2) is 0 Å². The molecule has 1 aromatic heterocycles. The molecule has 0 radical (unpaired) electrons. The summed E-state index contributed by atoms with van der Waals surface area (Å²) in [5, 5.41) is 3.32. The second-order valence-electron chi connectivity index (χ2n) is 4.65. The zero-order valence-electron chi connectivity index (χ0n) is 10.6. The minimum atomic E-state index is -0.214. The zero-order chi connectivity index (χ0) is 13.1. The Balaban J connectivity index is 1.80. The lowest BCUT2D eigenvalue weighted by Crippen LogP contribution is -2.43. The maximum Gasteiger partial charge on any atom is 0.128 e. The van der Waals surface area contributed by atoms with E-state index in [-0.39, 0.29) is 5.82 Å². The lowest BCUT2D eigenvalue weighted by molar-refractivity contribution is 0.585. The van der Waals surface area contributed by atoms with Crippen molar-refractivity contribution in [3.05, 3.63) is 48.4 Å². The molecule has 1 fully saturated rings. The van der Waals surface area contributed by atoms with Gasteiger partial charge in [0.1, 0.15) is 11.6 Å². The Labute approximate surface area is 112 Å². The summed E-state index contributed by atoms with van der Waals surface area (Å²) in [6.07, 6.45) is 1.85. The molecule has 4 heteroatoms. The molecule has 98 valence electrons. The highest BCUT2D eigenvalue weighted by atomic mass is 19.1. The van der Waals surface area contributed by atoms with Crippen LogP contribution >= 0.6 is 0 Å². The number of aromatic nitrogens is 1. The summed E-state index contributed by atoms with van der Waals surface area (Å²) in [6.45, 7) is 3.98. The van der Waals surface area contributed by atoms with Crippen LogP contribution in [0.1, 0.15) is 0 Å². The highest BCUT2D eigenvalue weighted by Gasteiger charge is 2.11. The van der Waals surface area contributed by atoms with Crippen LogP contribution in [0.15, 0.2) is 42.6 Å². The summed E-state index contributed by atoms with van der Waals surface area (Å²) in [7, 11) is 0. The molecular weight excluding hydrogens is 241 g/mol. The topological polar surface area (TPSA) is 28.2 Å². The van der Waals surface area contributed by atoms with Crippen LogP contribution in [0.2, 0.25) is 0 Å². The highest BCUT2D eigenvalue weighted by molar-refractivity contribution is 5.63. The second kappa shape index (κ2) is 5.36. The summed E-state index contributed by atoms with van der Waals surface area (Å²) >= 11 is 0. The van der Waals surface area contributed by atoms with Gasteiger partial charge in [-0.2, -0.15) is 0 Å². The molecule has 3 nitrogen and oxygen atoms in total. The van der Waals surface area contributed by atoms with Crippen molar-refractivity contribution in [1.29, 1.82) is 0 Å². The van der Waals surface area contributed by atoms with Gasteiger partial charge in [-0.1, -0.05) is 12.1 Å². The van der Waals surface area contributed by atoms with Crippen LogP contribution in [0, 0.1) is 5.82 Å². The molecule has 1 aliphatic heterocycles. The molecule has 3 rings (SSSR count). The summed E-state index contributed by atoms with van der Waals surface area (Å²) in [6, 6.07) is 10.6. The van der Waals surface area contributed by atoms with E-state index in [0.717, 1.165) is 43.1 Å². The predicted octanol–water partition coefficient (Wildman–Crippen LogP) is 2.30. The molecule has 0 bridgehead atoms. The van der Waals surface area contributed by atoms with E-state index in [4.69, 9.17) is 0 Å². The lowest BCUT2D eigenvalue weighted by atomic mass is 10.1. The first-order valence-electron chi connectivity index (χ1n) is 6.50. The first-order chi connectivity index (χ1) is 9.33. The number of piperazine rings is 1. The molecule has 0 spiro atoms. The average Bonchev–Trinajstić information content (AvgIpc) is 2.49. The molecule has 0 atom stereocenters. The standard InChI is InChI=1S/C15H16FN3/c16-14-4-1-12(2-5-14)13-3-6-15(18-11-13)19-9-7-17-8-10-19/h1-6,11,17H,7-10H2. The van der Waals surface area contributed by atoms with Gasteiger partial charge in [0, 0.05) is 37.9 Å². The van der Waals surface area contributed by atoms with Gasteiger partial charge < -0.3 is 10.2 Å². The van der Waals surface area contributed by atoms with Crippen LogP contribution in [0.5, 0.6) is 0 Å². The van der Waals surface area contributed by atoms with Crippen molar-refractivity contribution in [2.45, 2.75) is 0 Å². The Morgan fingerprint density at radius 1 is 0.947 bits per heavy atom. The number of nitrogens with zero attached hydrogens (tertiary/aromatic N) is 2. The molecule has 0 aliphatic carbocycles. The summed E-state index contributed by atoms with van der Waals surface area (Å²) in [4.78, 5) is 6.77. The smallest absolute Gasteiger partial charge is 0.128 e. The van der Waals surface area contributed by atoms with Crippen molar-refractivity contribution in [3.8, 4) is 11.1 Å². The fourth-order valence-corrected chi connectivity index (χ4v) is 2.28. The Morgan fingerprint density at radius 2 is 1.63 bits per heavy atom. The maximum atomic E-state index is 12.9. The minimum absolute atomic E-state index is 0.214. The predicted molar refractivity (Wildman–Crippen MR) is 74.7 cm³/mol. The van der Waals surface area contributed by atoms with Crippen molar-refractivity contribution in [3.63, 3.8) is 0 Å². The SMILES string of the molecule is Fc1ccc(-c2ccc(N3CCNCC3)nc2)cc1. The lowest BCUT2D eigenvalue weighted by Gasteiger charge is -2.28. The molecule has 0 unspecified atom stereocenters. The molecule has 1 aliphatic rings. The van der Waals surface area contributed by atoms with E-state index in [2.05, 4.69) is 15.2 Å². The Kier molecular flexibility index (Phi) is 3.42. The minimum Gasteiger partial charge on any atom is -0.354 e. The normalized spacial score (nSPS) is 15.5. The molecule has 1 aromatic carbocycles. The van der Waals surface area contributed by atoms with Crippen molar-refractivity contribution >= 4 is 5.82 Å². The fourth-order valence-electron chi connectivity index (χ4n) is 2.28. The summed E-state index contributed by atoms with van der Waals surface area (Å²) in [5.74, 6) is 0.793. The van der Waals surface area contributed by atoms with E-state index in [1.54, 1.807) is 12.1 Å². The van der Waals surface area contributed by atoms with Crippen LogP contribution in [0.25, 0.3) is 11.1 Å². The number of hydrogen-bond donors (Lipinski definition) is 1. The van der Waals surface area contributed by atoms with Gasteiger partial charge in [-0.05, 0) is 29.8 Å². The van der Waals surface area contributed by atoms with Gasteiger partial charge in [-0.3, -0.25) is 0 Å². The van der Waals surface area contributed by atoms with E-state index < -0.39 is 0 Å². The van der Waals surface area contributed by atoms with Crippen LogP contribution in [-0.2, 0) is 0 Å². The monoisotopic (exact) mass is 257 g/mol. The third kappa shape index (κ3) is 2.74. The number of hydrogen-bond acceptors (Lipinski definition) is 3. The molecule has 1 saturated heterocycles. The van der Waals surface area contributed by atoms with Gasteiger partial charge in [0.25, 0.3) is 0 Å². The third-order valence-electron chi connectivity index (χ3n) is 3.37. The number of anilines is 1. The number of halogens is 1. The Bertz CT molecular complexity index is 530. The zero-order valence-corrected chi connectivity index (χ0v) is 10.6. The first-order valence-corrected chi connectivity index (χ1v) is 6.50. The van der Waals surface area contributed by atoms with Crippen molar-refractivity contribution < 1.29 is 4.39 Å². The molecule has 19 heavy (non-hydrogen) atoms. The largest absolute Gasteiger partial charge is 0.354 e.